The lowest BCUT2D eigenvalue weighted by atomic mass is 9.96. The molecule has 0 aliphatic heterocycles. The molecule has 0 radical (unpaired) electrons. The Balaban J connectivity index is 2.41. The number of methoxy groups -OCH3 is 1. The van der Waals surface area contributed by atoms with Gasteiger partial charge < -0.3 is 4.74 Å². The molecule has 3 nitrogen and oxygen atoms in total. The van der Waals surface area contributed by atoms with Gasteiger partial charge in [0.25, 0.3) is 0 Å². The highest BCUT2D eigenvalue weighted by molar-refractivity contribution is 5.39. The summed E-state index contributed by atoms with van der Waals surface area (Å²) in [4.78, 5) is 0. The van der Waals surface area contributed by atoms with Crippen molar-refractivity contribution in [2.75, 3.05) is 7.11 Å². The summed E-state index contributed by atoms with van der Waals surface area (Å²) in [5.41, 5.74) is 6.89. The number of rotatable bonds is 4. The second kappa shape index (κ2) is 6.03. The molecule has 0 bridgehead atoms. The lowest BCUT2D eigenvalue weighted by molar-refractivity contribution is 0.385. The van der Waals surface area contributed by atoms with Gasteiger partial charge in [0, 0.05) is 0 Å². The monoisotopic (exact) mass is 274 g/mol. The smallest absolute Gasteiger partial charge is 0.165 e. The van der Waals surface area contributed by atoms with E-state index in [1.165, 1.54) is 24.3 Å². The van der Waals surface area contributed by atoms with Crippen LogP contribution in [0.4, 0.5) is 4.39 Å². The van der Waals surface area contributed by atoms with E-state index in [9.17, 15) is 4.39 Å². The van der Waals surface area contributed by atoms with E-state index in [0.717, 1.165) is 11.1 Å². The summed E-state index contributed by atoms with van der Waals surface area (Å²) in [7, 11) is 1.44. The Hall–Kier alpha value is -1.91. The third kappa shape index (κ3) is 2.81. The number of nitrogens with one attached hydrogen (secondary N) is 1. The molecule has 2 rings (SSSR count). The van der Waals surface area contributed by atoms with Crippen LogP contribution in [0.3, 0.4) is 0 Å². The molecule has 0 saturated carbocycles. The first-order chi connectivity index (χ1) is 9.56. The molecule has 106 valence electrons. The number of hydrogen-bond donors (Lipinski definition) is 2. The van der Waals surface area contributed by atoms with E-state index in [0.29, 0.717) is 0 Å². The van der Waals surface area contributed by atoms with Gasteiger partial charge in [0.2, 0.25) is 0 Å². The molecule has 2 aromatic rings. The molecule has 20 heavy (non-hydrogen) atoms. The Morgan fingerprint density at radius 2 is 1.70 bits per heavy atom. The van der Waals surface area contributed by atoms with Gasteiger partial charge in [-0.05, 0) is 48.2 Å². The van der Waals surface area contributed by atoms with Crippen LogP contribution in [0.25, 0.3) is 0 Å². The van der Waals surface area contributed by atoms with E-state index in [-0.39, 0.29) is 11.8 Å². The van der Waals surface area contributed by atoms with Crippen LogP contribution < -0.4 is 16.0 Å². The third-order valence-electron chi connectivity index (χ3n) is 3.54. The van der Waals surface area contributed by atoms with Crippen molar-refractivity contribution in [3.63, 3.8) is 0 Å². The normalized spacial score (nSPS) is 12.2. The minimum absolute atomic E-state index is 0.226. The van der Waals surface area contributed by atoms with Gasteiger partial charge in [-0.2, -0.15) is 0 Å². The van der Waals surface area contributed by atoms with Crippen molar-refractivity contribution >= 4 is 0 Å². The molecule has 0 spiro atoms. The van der Waals surface area contributed by atoms with Crippen LogP contribution in [0.15, 0.2) is 36.4 Å². The summed E-state index contributed by atoms with van der Waals surface area (Å²) < 4.78 is 18.7. The molecule has 0 heterocycles. The Kier molecular flexibility index (Phi) is 4.37. The van der Waals surface area contributed by atoms with Crippen molar-refractivity contribution in [1.29, 1.82) is 0 Å². The molecule has 0 aliphatic carbocycles. The number of hydrazine groups is 1. The molecule has 0 aliphatic rings. The number of benzene rings is 2. The summed E-state index contributed by atoms with van der Waals surface area (Å²) in [5.74, 6) is 5.47. The summed E-state index contributed by atoms with van der Waals surface area (Å²) in [6.45, 7) is 4.10. The highest BCUT2D eigenvalue weighted by atomic mass is 19.1. The average molecular weight is 274 g/mol. The van der Waals surface area contributed by atoms with Gasteiger partial charge in [-0.15, -0.1) is 0 Å². The fraction of sp³-hybridized carbons (Fsp3) is 0.250. The maximum Gasteiger partial charge on any atom is 0.165 e. The fourth-order valence-corrected chi connectivity index (χ4v) is 2.19. The summed E-state index contributed by atoms with van der Waals surface area (Å²) in [5, 5.41) is 0. The predicted octanol–water partition coefficient (Wildman–Crippen LogP) is 3.00. The zero-order valence-electron chi connectivity index (χ0n) is 11.9. The van der Waals surface area contributed by atoms with E-state index in [4.69, 9.17) is 10.6 Å². The highest BCUT2D eigenvalue weighted by Gasteiger charge is 2.15. The highest BCUT2D eigenvalue weighted by Crippen LogP contribution is 2.27. The van der Waals surface area contributed by atoms with Crippen LogP contribution in [0, 0.1) is 19.7 Å². The Bertz CT molecular complexity index is 613. The van der Waals surface area contributed by atoms with E-state index in [2.05, 4.69) is 18.4 Å². The van der Waals surface area contributed by atoms with Gasteiger partial charge in [0.05, 0.1) is 13.2 Å². The Morgan fingerprint density at radius 3 is 2.25 bits per heavy atom. The molecular formula is C16H19FN2O. The lowest BCUT2D eigenvalue weighted by Crippen LogP contribution is -2.29. The van der Waals surface area contributed by atoms with Gasteiger partial charge in [-0.1, -0.05) is 24.3 Å². The van der Waals surface area contributed by atoms with Crippen molar-refractivity contribution in [2.24, 2.45) is 5.84 Å². The van der Waals surface area contributed by atoms with Gasteiger partial charge in [0.1, 0.15) is 0 Å². The first-order valence-corrected chi connectivity index (χ1v) is 6.43. The predicted molar refractivity (Wildman–Crippen MR) is 78.0 cm³/mol. The Morgan fingerprint density at radius 1 is 1.05 bits per heavy atom. The van der Waals surface area contributed by atoms with Crippen molar-refractivity contribution in [3.05, 3.63) is 64.5 Å². The fourth-order valence-electron chi connectivity index (χ4n) is 2.19. The molecule has 3 N–H and O–H groups in total. The van der Waals surface area contributed by atoms with E-state index < -0.39 is 5.82 Å². The number of ether oxygens (including phenoxy) is 1. The van der Waals surface area contributed by atoms with Crippen LogP contribution in [-0.2, 0) is 0 Å². The van der Waals surface area contributed by atoms with Crippen LogP contribution in [0.5, 0.6) is 5.75 Å². The van der Waals surface area contributed by atoms with Crippen LogP contribution in [0.1, 0.15) is 28.3 Å². The first-order valence-electron chi connectivity index (χ1n) is 6.43. The zero-order chi connectivity index (χ0) is 14.7. The summed E-state index contributed by atoms with van der Waals surface area (Å²) in [6.07, 6.45) is 0. The van der Waals surface area contributed by atoms with Crippen molar-refractivity contribution < 1.29 is 9.13 Å². The third-order valence-corrected chi connectivity index (χ3v) is 3.54. The zero-order valence-corrected chi connectivity index (χ0v) is 11.9. The molecule has 2 aromatic carbocycles. The molecule has 4 heteroatoms. The molecule has 0 aromatic heterocycles. The van der Waals surface area contributed by atoms with Crippen LogP contribution >= 0.6 is 0 Å². The SMILES string of the molecule is COc1ccc(C(NN)c2ccc(C)c(C)c2)cc1F. The molecule has 1 atom stereocenters. The minimum atomic E-state index is -0.394. The maximum absolute atomic E-state index is 13.8. The number of nitrogens with two attached hydrogens (primary N) is 1. The summed E-state index contributed by atoms with van der Waals surface area (Å²) in [6, 6.07) is 10.7. The second-order valence-electron chi connectivity index (χ2n) is 4.84. The van der Waals surface area contributed by atoms with Crippen molar-refractivity contribution in [2.45, 2.75) is 19.9 Å². The first kappa shape index (κ1) is 14.5. The largest absolute Gasteiger partial charge is 0.494 e. The summed E-state index contributed by atoms with van der Waals surface area (Å²) >= 11 is 0. The van der Waals surface area contributed by atoms with Crippen molar-refractivity contribution in [1.82, 2.24) is 5.43 Å². The molecular weight excluding hydrogens is 255 g/mol. The quantitative estimate of drug-likeness (QED) is 0.665. The van der Waals surface area contributed by atoms with Crippen LogP contribution in [-0.4, -0.2) is 7.11 Å². The van der Waals surface area contributed by atoms with Gasteiger partial charge in [-0.25, -0.2) is 9.82 Å². The van der Waals surface area contributed by atoms with E-state index in [1.807, 2.05) is 25.1 Å². The minimum Gasteiger partial charge on any atom is -0.494 e. The molecule has 1 unspecified atom stereocenters. The van der Waals surface area contributed by atoms with Gasteiger partial charge in [-0.3, -0.25) is 5.84 Å². The van der Waals surface area contributed by atoms with Crippen LogP contribution in [0.2, 0.25) is 0 Å². The van der Waals surface area contributed by atoms with Gasteiger partial charge >= 0.3 is 0 Å². The second-order valence-corrected chi connectivity index (χ2v) is 4.84. The number of aryl methyl sites for hydroxylation is 2. The average Bonchev–Trinajstić information content (AvgIpc) is 2.44. The Labute approximate surface area is 118 Å². The van der Waals surface area contributed by atoms with E-state index in [1.54, 1.807) is 6.07 Å². The number of halogens is 1. The number of hydrogen-bond acceptors (Lipinski definition) is 3. The lowest BCUT2D eigenvalue weighted by Gasteiger charge is -2.18. The van der Waals surface area contributed by atoms with Gasteiger partial charge in [0.15, 0.2) is 11.6 Å². The molecule has 0 fully saturated rings. The topological polar surface area (TPSA) is 47.3 Å². The maximum atomic E-state index is 13.8. The molecule has 0 saturated heterocycles. The standard InChI is InChI=1S/C16H19FN2O/c1-10-4-5-12(8-11(10)2)16(19-18)13-6-7-15(20-3)14(17)9-13/h4-9,16,19H,18H2,1-3H3. The molecule has 0 amide bonds. The van der Waals surface area contributed by atoms with Crippen molar-refractivity contribution in [3.8, 4) is 5.75 Å². The van der Waals surface area contributed by atoms with E-state index >= 15 is 0 Å².